The van der Waals surface area contributed by atoms with Gasteiger partial charge in [0.05, 0.1) is 33.6 Å². The molecule has 1 fully saturated rings. The molecule has 14 heteroatoms. The number of fused-ring (bicyclic) bond motifs is 1. The van der Waals surface area contributed by atoms with E-state index in [1.165, 1.54) is 0 Å². The second kappa shape index (κ2) is 10.6. The van der Waals surface area contributed by atoms with E-state index in [1.807, 2.05) is 6.92 Å². The lowest BCUT2D eigenvalue weighted by atomic mass is 9.94. The monoisotopic (exact) mass is 548 g/mol. The number of carbonyl (C=O) groups is 1. The molecular weight excluding hydrogens is 525 g/mol. The molecule has 1 aliphatic carbocycles. The first-order valence-corrected chi connectivity index (χ1v) is 12.6. The number of hydrogen-bond acceptors (Lipinski definition) is 6. The van der Waals surface area contributed by atoms with Gasteiger partial charge in [0.1, 0.15) is 0 Å². The standard InChI is InChI=1S/C20H23ClN4O3S.C2HF3O2/c1-12-2-7-15(29(27,28)24-13-3-5-14(26)6-4-13)10-16(12)18-11-23-20-19(22)17(21)8-9-25(18)20;3-2(4,5)1(6)7/h2,7-11,13-14,24,26H,3-6,22H2,1H3;(H,6,7). The zero-order chi connectivity index (χ0) is 26.8. The zero-order valence-electron chi connectivity index (χ0n) is 19.0. The summed E-state index contributed by atoms with van der Waals surface area (Å²) >= 11 is 6.08. The van der Waals surface area contributed by atoms with Crippen molar-refractivity contribution in [2.24, 2.45) is 0 Å². The van der Waals surface area contributed by atoms with Gasteiger partial charge >= 0.3 is 12.1 Å². The first-order valence-electron chi connectivity index (χ1n) is 10.7. The van der Waals surface area contributed by atoms with Crippen LogP contribution in [0.3, 0.4) is 0 Å². The average molecular weight is 549 g/mol. The largest absolute Gasteiger partial charge is 0.490 e. The Balaban J connectivity index is 0.000000454. The SMILES string of the molecule is Cc1ccc(S(=O)(=O)NC2CCC(O)CC2)cc1-c1cnc2c(N)c(Cl)ccn12.O=C(O)C(F)(F)F. The molecule has 1 aliphatic rings. The number of aliphatic hydroxyl groups is 1. The molecule has 0 atom stereocenters. The summed E-state index contributed by atoms with van der Waals surface area (Å²) in [6.45, 7) is 1.92. The number of nitrogens with one attached hydrogen (secondary N) is 1. The Morgan fingerprint density at radius 3 is 2.42 bits per heavy atom. The van der Waals surface area contributed by atoms with E-state index < -0.39 is 22.2 Å². The Hall–Kier alpha value is -2.87. The van der Waals surface area contributed by atoms with E-state index >= 15 is 0 Å². The Morgan fingerprint density at radius 2 is 1.83 bits per heavy atom. The van der Waals surface area contributed by atoms with Crippen LogP contribution in [0.4, 0.5) is 18.9 Å². The van der Waals surface area contributed by atoms with Crippen molar-refractivity contribution in [3.63, 3.8) is 0 Å². The average Bonchev–Trinajstić information content (AvgIpc) is 3.22. The molecule has 196 valence electrons. The minimum atomic E-state index is -5.08. The van der Waals surface area contributed by atoms with E-state index in [0.717, 1.165) is 16.8 Å². The highest BCUT2D eigenvalue weighted by molar-refractivity contribution is 7.89. The summed E-state index contributed by atoms with van der Waals surface area (Å²) < 4.78 is 62.2. The lowest BCUT2D eigenvalue weighted by Crippen LogP contribution is -2.38. The van der Waals surface area contributed by atoms with Crippen molar-refractivity contribution >= 4 is 38.9 Å². The number of sulfonamides is 1. The molecule has 2 aromatic heterocycles. The Bertz CT molecular complexity index is 1370. The number of pyridine rings is 1. The number of anilines is 1. The van der Waals surface area contributed by atoms with Gasteiger partial charge in [-0.05, 0) is 56.4 Å². The fraction of sp³-hybridized carbons (Fsp3) is 0.364. The molecule has 0 amide bonds. The fourth-order valence-electron chi connectivity index (χ4n) is 3.77. The van der Waals surface area contributed by atoms with Crippen molar-refractivity contribution in [3.05, 3.63) is 47.2 Å². The van der Waals surface area contributed by atoms with Crippen LogP contribution < -0.4 is 10.5 Å². The number of alkyl halides is 3. The van der Waals surface area contributed by atoms with E-state index in [9.17, 15) is 26.7 Å². The summed E-state index contributed by atoms with van der Waals surface area (Å²) in [6.07, 6.45) is 0.492. The smallest absolute Gasteiger partial charge is 0.475 e. The minimum absolute atomic E-state index is 0.161. The minimum Gasteiger partial charge on any atom is -0.475 e. The first kappa shape index (κ1) is 27.7. The number of aliphatic carboxylic acids is 1. The molecule has 0 saturated heterocycles. The molecule has 0 bridgehead atoms. The van der Waals surface area contributed by atoms with Crippen LogP contribution in [0.1, 0.15) is 31.2 Å². The third kappa shape index (κ3) is 6.27. The van der Waals surface area contributed by atoms with Crippen molar-refractivity contribution in [1.29, 1.82) is 0 Å². The van der Waals surface area contributed by atoms with Gasteiger partial charge in [-0.15, -0.1) is 0 Å². The molecule has 0 aliphatic heterocycles. The van der Waals surface area contributed by atoms with Gasteiger partial charge in [-0.2, -0.15) is 13.2 Å². The van der Waals surface area contributed by atoms with Gasteiger partial charge < -0.3 is 15.9 Å². The molecular formula is C22H24ClF3N4O5S. The number of halogens is 4. The maximum atomic E-state index is 12.9. The molecule has 9 nitrogen and oxygen atoms in total. The van der Waals surface area contributed by atoms with Gasteiger partial charge in [-0.3, -0.25) is 4.40 Å². The van der Waals surface area contributed by atoms with Crippen molar-refractivity contribution in [3.8, 4) is 11.3 Å². The van der Waals surface area contributed by atoms with Crippen molar-refractivity contribution in [1.82, 2.24) is 14.1 Å². The van der Waals surface area contributed by atoms with Crippen LogP contribution in [0, 0.1) is 6.92 Å². The van der Waals surface area contributed by atoms with Gasteiger partial charge in [-0.1, -0.05) is 17.7 Å². The first-order chi connectivity index (χ1) is 16.7. The highest BCUT2D eigenvalue weighted by Gasteiger charge is 2.38. The van der Waals surface area contributed by atoms with Gasteiger partial charge in [0.2, 0.25) is 10.0 Å². The van der Waals surface area contributed by atoms with Crippen LogP contribution in [-0.4, -0.2) is 52.3 Å². The van der Waals surface area contributed by atoms with Crippen LogP contribution in [0.5, 0.6) is 0 Å². The number of nitrogens with zero attached hydrogens (tertiary/aromatic N) is 2. The Kier molecular flexibility index (Phi) is 8.18. The second-order valence-corrected chi connectivity index (χ2v) is 10.4. The number of nitrogen functional groups attached to an aromatic ring is 1. The van der Waals surface area contributed by atoms with E-state index in [1.54, 1.807) is 41.1 Å². The third-order valence-electron chi connectivity index (χ3n) is 5.72. The summed E-state index contributed by atoms with van der Waals surface area (Å²) in [4.78, 5) is 13.4. The molecule has 0 radical (unpaired) electrons. The summed E-state index contributed by atoms with van der Waals surface area (Å²) in [6, 6.07) is 6.57. The topological polar surface area (TPSA) is 147 Å². The molecule has 0 spiro atoms. The normalized spacial score (nSPS) is 18.5. The molecule has 0 unspecified atom stereocenters. The highest BCUT2D eigenvalue weighted by atomic mass is 35.5. The number of aryl methyl sites for hydroxylation is 1. The van der Waals surface area contributed by atoms with Crippen LogP contribution in [0.15, 0.2) is 41.6 Å². The predicted molar refractivity (Wildman–Crippen MR) is 127 cm³/mol. The van der Waals surface area contributed by atoms with Gasteiger partial charge in [-0.25, -0.2) is 22.9 Å². The van der Waals surface area contributed by atoms with E-state index in [0.29, 0.717) is 42.0 Å². The Morgan fingerprint density at radius 1 is 1.22 bits per heavy atom. The van der Waals surface area contributed by atoms with Crippen molar-refractivity contribution in [2.45, 2.75) is 55.8 Å². The summed E-state index contributed by atoms with van der Waals surface area (Å²) in [7, 11) is -3.68. The molecule has 2 heterocycles. The van der Waals surface area contributed by atoms with E-state index in [-0.39, 0.29) is 17.0 Å². The molecule has 1 aromatic carbocycles. The molecule has 1 saturated carbocycles. The second-order valence-electron chi connectivity index (χ2n) is 8.32. The molecule has 3 aromatic rings. The summed E-state index contributed by atoms with van der Waals surface area (Å²) in [5.41, 5.74) is 9.33. The maximum Gasteiger partial charge on any atom is 0.490 e. The quantitative estimate of drug-likeness (QED) is 0.388. The van der Waals surface area contributed by atoms with Gasteiger partial charge in [0.25, 0.3) is 0 Å². The number of rotatable bonds is 4. The van der Waals surface area contributed by atoms with Gasteiger partial charge in [0.15, 0.2) is 5.65 Å². The van der Waals surface area contributed by atoms with E-state index in [4.69, 9.17) is 27.2 Å². The zero-order valence-corrected chi connectivity index (χ0v) is 20.5. The lowest BCUT2D eigenvalue weighted by Gasteiger charge is -2.26. The number of aromatic nitrogens is 2. The molecule has 5 N–H and O–H groups in total. The molecule has 36 heavy (non-hydrogen) atoms. The number of nitrogens with two attached hydrogens (primary N) is 1. The number of hydrogen-bond donors (Lipinski definition) is 4. The number of imidazole rings is 1. The van der Waals surface area contributed by atoms with Crippen molar-refractivity contribution < 1.29 is 36.6 Å². The maximum absolute atomic E-state index is 12.9. The number of carboxylic acid groups (broad SMARTS) is 1. The molecule has 4 rings (SSSR count). The number of benzene rings is 1. The van der Waals surface area contributed by atoms with Crippen molar-refractivity contribution in [2.75, 3.05) is 5.73 Å². The third-order valence-corrected chi connectivity index (χ3v) is 7.57. The van der Waals surface area contributed by atoms with Crippen LogP contribution in [0.2, 0.25) is 5.02 Å². The highest BCUT2D eigenvalue weighted by Crippen LogP contribution is 2.31. The van der Waals surface area contributed by atoms with E-state index in [2.05, 4.69) is 9.71 Å². The van der Waals surface area contributed by atoms with Crippen LogP contribution >= 0.6 is 11.6 Å². The van der Waals surface area contributed by atoms with Crippen LogP contribution in [0.25, 0.3) is 16.9 Å². The fourth-order valence-corrected chi connectivity index (χ4v) is 5.24. The summed E-state index contributed by atoms with van der Waals surface area (Å²) in [5, 5.41) is 17.2. The summed E-state index contributed by atoms with van der Waals surface area (Å²) in [5.74, 6) is -2.76. The Labute approximate surface area is 209 Å². The van der Waals surface area contributed by atoms with Crippen LogP contribution in [-0.2, 0) is 14.8 Å². The number of aliphatic hydroxyl groups excluding tert-OH is 1. The lowest BCUT2D eigenvalue weighted by molar-refractivity contribution is -0.192. The van der Waals surface area contributed by atoms with Gasteiger partial charge in [0, 0.05) is 17.8 Å². The predicted octanol–water partition coefficient (Wildman–Crippen LogP) is 3.76. The number of carboxylic acids is 1.